The summed E-state index contributed by atoms with van der Waals surface area (Å²) in [5, 5.41) is 1.95. The van der Waals surface area contributed by atoms with E-state index in [4.69, 9.17) is 27.6 Å². The smallest absolute Gasteiger partial charge is 0.248 e. The number of nitrogens with one attached hydrogen (secondary N) is 2. The average Bonchev–Trinajstić information content (AvgIpc) is 3.08. The number of rotatable bonds is 6. The number of hydrogen-bond acceptors (Lipinski definition) is 4. The molecule has 0 bridgehead atoms. The number of halogens is 2. The molecule has 2 amide bonds. The van der Waals surface area contributed by atoms with Gasteiger partial charge in [-0.15, -0.1) is 11.8 Å². The molecule has 0 aliphatic carbocycles. The van der Waals surface area contributed by atoms with Crippen LogP contribution in [0.3, 0.4) is 0 Å². The van der Waals surface area contributed by atoms with Crippen molar-refractivity contribution in [1.29, 1.82) is 0 Å². The minimum absolute atomic E-state index is 0.0920. The maximum Gasteiger partial charge on any atom is 0.248 e. The molecule has 3 rings (SSSR count). The standard InChI is InChI=1S/C20H18Cl2N2O3S/c1-2-12-3-5-15-13(10-27-17(15)7-12)8-19(25)23-24-20(26)11-28-18-9-14(21)4-6-16(18)22/h3-7,9-10H,2,8,11H2,1H3,(H,23,25)(H,24,26). The molecule has 1 heterocycles. The van der Waals surface area contributed by atoms with Crippen LogP contribution in [0, 0.1) is 0 Å². The zero-order chi connectivity index (χ0) is 20.1. The van der Waals surface area contributed by atoms with Crippen LogP contribution in [0.15, 0.2) is 52.0 Å². The van der Waals surface area contributed by atoms with E-state index in [1.165, 1.54) is 17.3 Å². The number of hydrazine groups is 1. The summed E-state index contributed by atoms with van der Waals surface area (Å²) in [4.78, 5) is 24.8. The Morgan fingerprint density at radius 2 is 1.86 bits per heavy atom. The Bertz CT molecular complexity index is 1020. The van der Waals surface area contributed by atoms with Crippen LogP contribution in [-0.4, -0.2) is 17.6 Å². The normalized spacial score (nSPS) is 10.8. The fourth-order valence-corrected chi connectivity index (χ4v) is 3.90. The van der Waals surface area contributed by atoms with Gasteiger partial charge in [-0.3, -0.25) is 20.4 Å². The van der Waals surface area contributed by atoms with Crippen molar-refractivity contribution >= 4 is 57.7 Å². The molecule has 0 aliphatic rings. The van der Waals surface area contributed by atoms with E-state index in [0.29, 0.717) is 14.9 Å². The lowest BCUT2D eigenvalue weighted by molar-refractivity contribution is -0.127. The summed E-state index contributed by atoms with van der Waals surface area (Å²) in [6, 6.07) is 11.0. The second-order valence-corrected chi connectivity index (χ2v) is 7.94. The van der Waals surface area contributed by atoms with E-state index in [-0.39, 0.29) is 24.0 Å². The molecule has 2 aromatic carbocycles. The number of benzene rings is 2. The second kappa shape index (κ2) is 9.37. The highest BCUT2D eigenvalue weighted by Crippen LogP contribution is 2.29. The molecule has 5 nitrogen and oxygen atoms in total. The molecule has 2 N–H and O–H groups in total. The van der Waals surface area contributed by atoms with Gasteiger partial charge in [-0.25, -0.2) is 0 Å². The van der Waals surface area contributed by atoms with Gasteiger partial charge in [0.15, 0.2) is 0 Å². The first-order valence-corrected chi connectivity index (χ1v) is 10.3. The lowest BCUT2D eigenvalue weighted by atomic mass is 10.1. The number of aryl methyl sites for hydroxylation is 1. The number of carbonyl (C=O) groups is 2. The fourth-order valence-electron chi connectivity index (χ4n) is 2.61. The molecule has 0 radical (unpaired) electrons. The Morgan fingerprint density at radius 3 is 2.64 bits per heavy atom. The first-order valence-electron chi connectivity index (χ1n) is 8.60. The molecule has 28 heavy (non-hydrogen) atoms. The third kappa shape index (κ3) is 5.22. The Balaban J connectivity index is 1.50. The molecule has 146 valence electrons. The predicted molar refractivity (Wildman–Crippen MR) is 113 cm³/mol. The molecule has 0 aliphatic heterocycles. The van der Waals surface area contributed by atoms with Gasteiger partial charge in [-0.1, -0.05) is 42.3 Å². The Labute approximate surface area is 176 Å². The summed E-state index contributed by atoms with van der Waals surface area (Å²) >= 11 is 13.2. The van der Waals surface area contributed by atoms with Gasteiger partial charge in [0, 0.05) is 20.9 Å². The van der Waals surface area contributed by atoms with Crippen molar-refractivity contribution in [3.63, 3.8) is 0 Å². The van der Waals surface area contributed by atoms with Crippen molar-refractivity contribution in [2.45, 2.75) is 24.7 Å². The van der Waals surface area contributed by atoms with E-state index in [9.17, 15) is 9.59 Å². The summed E-state index contributed by atoms with van der Waals surface area (Å²) < 4.78 is 5.53. The van der Waals surface area contributed by atoms with Gasteiger partial charge in [0.1, 0.15) is 5.58 Å². The van der Waals surface area contributed by atoms with E-state index in [0.717, 1.165) is 23.0 Å². The highest BCUT2D eigenvalue weighted by molar-refractivity contribution is 8.00. The topological polar surface area (TPSA) is 71.3 Å². The van der Waals surface area contributed by atoms with Gasteiger partial charge >= 0.3 is 0 Å². The number of amides is 2. The number of hydrogen-bond donors (Lipinski definition) is 2. The van der Waals surface area contributed by atoms with Crippen LogP contribution in [0.2, 0.25) is 10.0 Å². The van der Waals surface area contributed by atoms with Gasteiger partial charge in [0.2, 0.25) is 11.8 Å². The van der Waals surface area contributed by atoms with Crippen molar-refractivity contribution < 1.29 is 14.0 Å². The Hall–Kier alpha value is -2.15. The Kier molecular flexibility index (Phi) is 6.88. The van der Waals surface area contributed by atoms with Crippen molar-refractivity contribution in [2.75, 3.05) is 5.75 Å². The lowest BCUT2D eigenvalue weighted by Crippen LogP contribution is -2.43. The quantitative estimate of drug-likeness (QED) is 0.430. The molecular formula is C20H18Cl2N2O3S. The maximum atomic E-state index is 12.1. The van der Waals surface area contributed by atoms with Crippen LogP contribution < -0.4 is 10.9 Å². The van der Waals surface area contributed by atoms with Crippen LogP contribution in [0.1, 0.15) is 18.1 Å². The number of furan rings is 1. The Morgan fingerprint density at radius 1 is 1.07 bits per heavy atom. The maximum absolute atomic E-state index is 12.1. The summed E-state index contributed by atoms with van der Waals surface area (Å²) in [5.41, 5.74) is 7.51. The van der Waals surface area contributed by atoms with Crippen molar-refractivity contribution in [3.05, 3.63) is 63.8 Å². The summed E-state index contributed by atoms with van der Waals surface area (Å²) in [5.74, 6) is -0.588. The van der Waals surface area contributed by atoms with Crippen LogP contribution in [0.4, 0.5) is 0 Å². The van der Waals surface area contributed by atoms with E-state index in [2.05, 4.69) is 17.8 Å². The van der Waals surface area contributed by atoms with Gasteiger partial charge < -0.3 is 4.42 Å². The first kappa shape index (κ1) is 20.6. The van der Waals surface area contributed by atoms with Crippen LogP contribution in [0.25, 0.3) is 11.0 Å². The van der Waals surface area contributed by atoms with Gasteiger partial charge in [0.05, 0.1) is 23.5 Å². The molecule has 3 aromatic rings. The van der Waals surface area contributed by atoms with E-state index in [1.807, 2.05) is 18.2 Å². The zero-order valence-corrected chi connectivity index (χ0v) is 17.4. The molecule has 0 spiro atoms. The predicted octanol–water partition coefficient (Wildman–Crippen LogP) is 4.78. The number of thioether (sulfide) groups is 1. The summed E-state index contributed by atoms with van der Waals surface area (Å²) in [7, 11) is 0. The fraction of sp³-hybridized carbons (Fsp3) is 0.200. The van der Waals surface area contributed by atoms with Crippen LogP contribution >= 0.6 is 35.0 Å². The highest BCUT2D eigenvalue weighted by Gasteiger charge is 2.12. The van der Waals surface area contributed by atoms with Crippen molar-refractivity contribution in [3.8, 4) is 0 Å². The largest absolute Gasteiger partial charge is 0.464 e. The van der Waals surface area contributed by atoms with E-state index >= 15 is 0 Å². The third-order valence-electron chi connectivity index (χ3n) is 4.07. The van der Waals surface area contributed by atoms with Gasteiger partial charge in [-0.2, -0.15) is 0 Å². The minimum atomic E-state index is -0.348. The highest BCUT2D eigenvalue weighted by atomic mass is 35.5. The van der Waals surface area contributed by atoms with E-state index in [1.54, 1.807) is 24.5 Å². The monoisotopic (exact) mass is 436 g/mol. The van der Waals surface area contributed by atoms with Crippen LogP contribution in [0.5, 0.6) is 0 Å². The molecule has 8 heteroatoms. The number of carbonyl (C=O) groups excluding carboxylic acids is 2. The van der Waals surface area contributed by atoms with E-state index < -0.39 is 0 Å². The lowest BCUT2D eigenvalue weighted by Gasteiger charge is -2.08. The zero-order valence-electron chi connectivity index (χ0n) is 15.1. The summed E-state index contributed by atoms with van der Waals surface area (Å²) in [6.07, 6.45) is 2.59. The first-order chi connectivity index (χ1) is 13.5. The molecule has 0 atom stereocenters. The average molecular weight is 437 g/mol. The third-order valence-corrected chi connectivity index (χ3v) is 5.80. The second-order valence-electron chi connectivity index (χ2n) is 6.08. The molecule has 0 saturated carbocycles. The number of fused-ring (bicyclic) bond motifs is 1. The van der Waals surface area contributed by atoms with Gasteiger partial charge in [-0.05, 0) is 36.2 Å². The molecular weight excluding hydrogens is 419 g/mol. The molecule has 0 unspecified atom stereocenters. The van der Waals surface area contributed by atoms with Crippen LogP contribution in [-0.2, 0) is 22.4 Å². The molecule has 0 saturated heterocycles. The SMILES string of the molecule is CCc1ccc2c(CC(=O)NNC(=O)CSc3cc(Cl)ccc3Cl)coc2c1. The van der Waals surface area contributed by atoms with Crippen molar-refractivity contribution in [2.24, 2.45) is 0 Å². The summed E-state index contributed by atoms with van der Waals surface area (Å²) in [6.45, 7) is 2.07. The molecule has 0 fully saturated rings. The molecule has 1 aromatic heterocycles. The van der Waals surface area contributed by atoms with Crippen molar-refractivity contribution in [1.82, 2.24) is 10.9 Å². The van der Waals surface area contributed by atoms with Gasteiger partial charge in [0.25, 0.3) is 0 Å². The minimum Gasteiger partial charge on any atom is -0.464 e.